The lowest BCUT2D eigenvalue weighted by Crippen LogP contribution is -2.22. The average Bonchev–Trinajstić information content (AvgIpc) is 2.58. The first-order chi connectivity index (χ1) is 12.4. The first-order valence-corrected chi connectivity index (χ1v) is 8.97. The van der Waals surface area contributed by atoms with Gasteiger partial charge >= 0.3 is 0 Å². The third-order valence-electron chi connectivity index (χ3n) is 4.85. The topological polar surface area (TPSA) is 97.5 Å². The number of nitrogens with one attached hydrogen (secondary N) is 1. The lowest BCUT2D eigenvalue weighted by Gasteiger charge is -2.27. The minimum atomic E-state index is 0.519. The molecule has 1 aromatic rings. The molecule has 1 aromatic carbocycles. The molecule has 0 fully saturated rings. The molecule has 26 heavy (non-hydrogen) atoms. The van der Waals surface area contributed by atoms with Crippen LogP contribution in [0, 0.1) is 11.3 Å². The fourth-order valence-electron chi connectivity index (χ4n) is 3.60. The van der Waals surface area contributed by atoms with Crippen LogP contribution in [0.15, 0.2) is 45.5 Å². The number of hydrogen-bond donors (Lipinski definition) is 3. The normalized spacial score (nSPS) is 18.0. The van der Waals surface area contributed by atoms with Crippen molar-refractivity contribution in [2.75, 3.05) is 19.5 Å². The summed E-state index contributed by atoms with van der Waals surface area (Å²) in [5.74, 6) is 1.10. The van der Waals surface area contributed by atoms with Gasteiger partial charge in [-0.1, -0.05) is 11.1 Å². The molecule has 0 aromatic heterocycles. The summed E-state index contributed by atoms with van der Waals surface area (Å²) in [5.41, 5.74) is 19.1. The molecular formula is C21H30N4O. The smallest absolute Gasteiger partial charge is 0.131 e. The zero-order valence-corrected chi connectivity index (χ0v) is 16.2. The predicted octanol–water partition coefficient (Wildman–Crippen LogP) is 4.35. The van der Waals surface area contributed by atoms with Gasteiger partial charge in [0, 0.05) is 36.8 Å². The van der Waals surface area contributed by atoms with E-state index >= 15 is 0 Å². The molecule has 5 N–H and O–H groups in total. The maximum absolute atomic E-state index is 7.44. The number of benzene rings is 1. The number of rotatable bonds is 6. The summed E-state index contributed by atoms with van der Waals surface area (Å²) in [6.07, 6.45) is 4.36. The zero-order chi connectivity index (χ0) is 19.3. The van der Waals surface area contributed by atoms with Gasteiger partial charge in [-0.2, -0.15) is 0 Å². The summed E-state index contributed by atoms with van der Waals surface area (Å²) in [6, 6.07) is 5.37. The van der Waals surface area contributed by atoms with Crippen LogP contribution in [0.4, 0.5) is 11.4 Å². The van der Waals surface area contributed by atoms with E-state index in [9.17, 15) is 0 Å². The van der Waals surface area contributed by atoms with E-state index in [0.717, 1.165) is 37.0 Å². The molecule has 1 aliphatic rings. The van der Waals surface area contributed by atoms with E-state index in [-0.39, 0.29) is 0 Å². The molecule has 0 aliphatic heterocycles. The number of amidine groups is 1. The Labute approximate surface area is 156 Å². The molecule has 1 aliphatic carbocycles. The van der Waals surface area contributed by atoms with Gasteiger partial charge in [0.25, 0.3) is 0 Å². The number of nitrogen functional groups attached to an aromatic ring is 1. The van der Waals surface area contributed by atoms with Crippen LogP contribution < -0.4 is 11.5 Å². The standard InChI is InChI=1S/C21H30N4O/c1-13(2)20(18-7-5-15(12-26-4)9-14(18)3)21(24)25-17-6-8-19(23)16(10-17)11-22/h6,8,10-11,15,22H,5,7,9,12,23H2,1-4H3,(H2,24,25). The summed E-state index contributed by atoms with van der Waals surface area (Å²) in [5, 5.41) is 7.44. The zero-order valence-electron chi connectivity index (χ0n) is 16.2. The maximum atomic E-state index is 7.44. The van der Waals surface area contributed by atoms with E-state index in [1.165, 1.54) is 17.4 Å². The highest BCUT2D eigenvalue weighted by atomic mass is 16.5. The van der Waals surface area contributed by atoms with Gasteiger partial charge in [0.2, 0.25) is 0 Å². The molecule has 0 amide bonds. The van der Waals surface area contributed by atoms with Crippen molar-refractivity contribution in [1.82, 2.24) is 0 Å². The van der Waals surface area contributed by atoms with Crippen molar-refractivity contribution in [3.05, 3.63) is 46.1 Å². The van der Waals surface area contributed by atoms with Gasteiger partial charge in [0.05, 0.1) is 5.69 Å². The van der Waals surface area contributed by atoms with Crippen molar-refractivity contribution in [3.8, 4) is 0 Å². The molecule has 5 nitrogen and oxygen atoms in total. The number of nitrogens with two attached hydrogens (primary N) is 2. The van der Waals surface area contributed by atoms with Crippen molar-refractivity contribution in [3.63, 3.8) is 0 Å². The van der Waals surface area contributed by atoms with Crippen LogP contribution in [0.3, 0.4) is 0 Å². The number of aliphatic imine (C=N–C) groups is 1. The molecule has 0 saturated heterocycles. The molecular weight excluding hydrogens is 324 g/mol. The minimum absolute atomic E-state index is 0.519. The summed E-state index contributed by atoms with van der Waals surface area (Å²) in [4.78, 5) is 4.61. The first-order valence-electron chi connectivity index (χ1n) is 8.97. The second-order valence-electron chi connectivity index (χ2n) is 7.15. The predicted molar refractivity (Wildman–Crippen MR) is 110 cm³/mol. The molecule has 0 saturated carbocycles. The second kappa shape index (κ2) is 8.81. The number of allylic oxidation sites excluding steroid dienone is 2. The van der Waals surface area contributed by atoms with Gasteiger partial charge in [-0.3, -0.25) is 0 Å². The molecule has 0 radical (unpaired) electrons. The second-order valence-corrected chi connectivity index (χ2v) is 7.15. The van der Waals surface area contributed by atoms with E-state index in [1.807, 2.05) is 6.07 Å². The number of anilines is 1. The van der Waals surface area contributed by atoms with Gasteiger partial charge in [-0.25, -0.2) is 4.99 Å². The Kier molecular flexibility index (Phi) is 6.75. The Hall–Kier alpha value is -2.40. The summed E-state index contributed by atoms with van der Waals surface area (Å²) >= 11 is 0. The van der Waals surface area contributed by atoms with Crippen molar-refractivity contribution >= 4 is 23.4 Å². The Bertz CT molecular complexity index is 770. The monoisotopic (exact) mass is 354 g/mol. The maximum Gasteiger partial charge on any atom is 0.131 e. The molecule has 1 atom stereocenters. The van der Waals surface area contributed by atoms with Gasteiger partial charge in [0.15, 0.2) is 0 Å². The van der Waals surface area contributed by atoms with Crippen molar-refractivity contribution in [1.29, 1.82) is 5.41 Å². The molecule has 5 heteroatoms. The van der Waals surface area contributed by atoms with Crippen LogP contribution in [-0.4, -0.2) is 25.8 Å². The Morgan fingerprint density at radius 3 is 2.69 bits per heavy atom. The Morgan fingerprint density at radius 2 is 2.12 bits per heavy atom. The highest BCUT2D eigenvalue weighted by molar-refractivity contribution is 6.03. The Balaban J connectivity index is 2.37. The van der Waals surface area contributed by atoms with Crippen LogP contribution in [-0.2, 0) is 4.74 Å². The van der Waals surface area contributed by atoms with Gasteiger partial charge in [-0.15, -0.1) is 0 Å². The summed E-state index contributed by atoms with van der Waals surface area (Å²) in [7, 11) is 1.76. The van der Waals surface area contributed by atoms with Crippen LogP contribution >= 0.6 is 0 Å². The lowest BCUT2D eigenvalue weighted by atomic mass is 9.80. The molecule has 0 spiro atoms. The number of hydrogen-bond acceptors (Lipinski definition) is 4. The van der Waals surface area contributed by atoms with E-state index in [1.54, 1.807) is 19.2 Å². The third-order valence-corrected chi connectivity index (χ3v) is 4.85. The van der Waals surface area contributed by atoms with Crippen LogP contribution in [0.25, 0.3) is 0 Å². The average molecular weight is 354 g/mol. The van der Waals surface area contributed by atoms with Crippen molar-refractivity contribution < 1.29 is 4.74 Å². The SMILES string of the molecule is COCC1CCC(C(C(N)=Nc2ccc(N)c(C=N)c2)=C(C)C)=C(C)C1. The third kappa shape index (κ3) is 4.61. The fraction of sp³-hybridized carbons (Fsp3) is 0.429. The van der Waals surface area contributed by atoms with E-state index in [0.29, 0.717) is 28.7 Å². The number of nitrogens with zero attached hydrogens (tertiary/aromatic N) is 1. The van der Waals surface area contributed by atoms with Gasteiger partial charge in [0.1, 0.15) is 5.84 Å². The van der Waals surface area contributed by atoms with Crippen LogP contribution in [0.5, 0.6) is 0 Å². The van der Waals surface area contributed by atoms with E-state index in [2.05, 4.69) is 25.8 Å². The van der Waals surface area contributed by atoms with E-state index in [4.69, 9.17) is 21.6 Å². The Morgan fingerprint density at radius 1 is 1.38 bits per heavy atom. The number of methoxy groups -OCH3 is 1. The van der Waals surface area contributed by atoms with Gasteiger partial charge in [-0.05, 0) is 69.7 Å². The molecule has 1 unspecified atom stereocenters. The minimum Gasteiger partial charge on any atom is -0.398 e. The van der Waals surface area contributed by atoms with Crippen LogP contribution in [0.2, 0.25) is 0 Å². The first kappa shape index (κ1) is 19.9. The van der Waals surface area contributed by atoms with E-state index < -0.39 is 0 Å². The lowest BCUT2D eigenvalue weighted by molar-refractivity contribution is 0.145. The highest BCUT2D eigenvalue weighted by Crippen LogP contribution is 2.35. The summed E-state index contributed by atoms with van der Waals surface area (Å²) < 4.78 is 5.32. The molecule has 0 bridgehead atoms. The quantitative estimate of drug-likeness (QED) is 0.402. The highest BCUT2D eigenvalue weighted by Gasteiger charge is 2.23. The van der Waals surface area contributed by atoms with Gasteiger partial charge < -0.3 is 21.6 Å². The molecule has 2 rings (SSSR count). The largest absolute Gasteiger partial charge is 0.398 e. The van der Waals surface area contributed by atoms with Crippen molar-refractivity contribution in [2.24, 2.45) is 16.6 Å². The van der Waals surface area contributed by atoms with Crippen LogP contribution in [0.1, 0.15) is 45.6 Å². The molecule has 140 valence electrons. The summed E-state index contributed by atoms with van der Waals surface area (Å²) in [6.45, 7) is 7.14. The number of ether oxygens (including phenoxy) is 1. The molecule has 0 heterocycles. The fourth-order valence-corrected chi connectivity index (χ4v) is 3.60. The van der Waals surface area contributed by atoms with Crippen molar-refractivity contribution in [2.45, 2.75) is 40.0 Å².